The predicted octanol–water partition coefficient (Wildman–Crippen LogP) is 1.09. The van der Waals surface area contributed by atoms with Gasteiger partial charge in [0.05, 0.1) is 20.4 Å². The molecule has 1 heterocycles. The summed E-state index contributed by atoms with van der Waals surface area (Å²) in [6, 6.07) is 21.5. The van der Waals surface area contributed by atoms with Crippen molar-refractivity contribution in [2.75, 3.05) is 14.2 Å². The fraction of sp³-hybridized carbons (Fsp3) is 0.125. The Kier molecular flexibility index (Phi) is 6.79. The van der Waals surface area contributed by atoms with Crippen molar-refractivity contribution in [1.82, 2.24) is 4.98 Å². The zero-order chi connectivity index (χ0) is 20.2. The SMILES string of the molecule is COc1ccc(C(=O)C[n+]2ccc(-c3cccc4ccccc34)nc2)cc1OC.[Br-]. The van der Waals surface area contributed by atoms with Gasteiger partial charge in [0.25, 0.3) is 6.33 Å². The van der Waals surface area contributed by atoms with Gasteiger partial charge in [-0.25, -0.2) is 4.57 Å². The summed E-state index contributed by atoms with van der Waals surface area (Å²) in [6.07, 6.45) is 3.57. The number of ketones is 1. The van der Waals surface area contributed by atoms with Crippen molar-refractivity contribution < 1.29 is 35.8 Å². The molecule has 0 radical (unpaired) electrons. The second-order valence-corrected chi connectivity index (χ2v) is 6.64. The summed E-state index contributed by atoms with van der Waals surface area (Å²) in [5.74, 6) is 1.10. The zero-order valence-corrected chi connectivity index (χ0v) is 18.3. The van der Waals surface area contributed by atoms with E-state index in [9.17, 15) is 4.79 Å². The summed E-state index contributed by atoms with van der Waals surface area (Å²) in [5, 5.41) is 2.33. The number of ether oxygens (including phenoxy) is 2. The van der Waals surface area contributed by atoms with Gasteiger partial charge in [-0.15, -0.1) is 0 Å². The number of carbonyl (C=O) groups excluding carboxylic acids is 1. The van der Waals surface area contributed by atoms with Crippen LogP contribution in [0.15, 0.2) is 79.3 Å². The summed E-state index contributed by atoms with van der Waals surface area (Å²) in [7, 11) is 3.12. The van der Waals surface area contributed by atoms with E-state index in [0.717, 1.165) is 16.6 Å². The van der Waals surface area contributed by atoms with Crippen LogP contribution in [0.4, 0.5) is 0 Å². The van der Waals surface area contributed by atoms with E-state index in [2.05, 4.69) is 29.2 Å². The van der Waals surface area contributed by atoms with Crippen molar-refractivity contribution in [2.45, 2.75) is 6.54 Å². The number of fused-ring (bicyclic) bond motifs is 1. The van der Waals surface area contributed by atoms with Gasteiger partial charge >= 0.3 is 0 Å². The molecule has 0 saturated heterocycles. The van der Waals surface area contributed by atoms with Gasteiger partial charge in [-0.1, -0.05) is 36.4 Å². The zero-order valence-electron chi connectivity index (χ0n) is 16.7. The number of hydrogen-bond donors (Lipinski definition) is 0. The van der Waals surface area contributed by atoms with Crippen molar-refractivity contribution in [3.8, 4) is 22.8 Å². The Hall–Kier alpha value is -3.25. The third-order valence-electron chi connectivity index (χ3n) is 4.87. The average molecular weight is 465 g/mol. The maximum atomic E-state index is 12.7. The van der Waals surface area contributed by atoms with Gasteiger partial charge < -0.3 is 26.5 Å². The van der Waals surface area contributed by atoms with Gasteiger partial charge in [-0.05, 0) is 40.0 Å². The monoisotopic (exact) mass is 464 g/mol. The van der Waals surface area contributed by atoms with Crippen LogP contribution >= 0.6 is 0 Å². The highest BCUT2D eigenvalue weighted by molar-refractivity contribution is 5.96. The van der Waals surface area contributed by atoms with Gasteiger partial charge in [0, 0.05) is 17.2 Å². The van der Waals surface area contributed by atoms with E-state index >= 15 is 0 Å². The number of nitrogens with zero attached hydrogens (tertiary/aromatic N) is 2. The lowest BCUT2D eigenvalue weighted by molar-refractivity contribution is -0.686. The maximum Gasteiger partial charge on any atom is 0.287 e. The third kappa shape index (κ3) is 4.33. The van der Waals surface area contributed by atoms with Gasteiger partial charge in [-0.2, -0.15) is 0 Å². The second-order valence-electron chi connectivity index (χ2n) is 6.64. The first-order valence-electron chi connectivity index (χ1n) is 9.28. The van der Waals surface area contributed by atoms with E-state index < -0.39 is 0 Å². The fourth-order valence-corrected chi connectivity index (χ4v) is 3.35. The van der Waals surface area contributed by atoms with Crippen molar-refractivity contribution in [3.63, 3.8) is 0 Å². The molecule has 0 amide bonds. The average Bonchev–Trinajstić information content (AvgIpc) is 2.78. The first-order chi connectivity index (χ1) is 14.2. The molecule has 152 valence electrons. The standard InChI is InChI=1S/C24H21N2O3.BrH/c1-28-23-11-10-18(14-24(23)29-2)22(27)15-26-13-12-21(25-16-26)20-9-5-7-17-6-3-4-8-19(17)20;/h3-14,16H,15H2,1-2H3;1H/q+1;/p-1. The molecular weight excluding hydrogens is 444 g/mol. The highest BCUT2D eigenvalue weighted by Gasteiger charge is 2.15. The van der Waals surface area contributed by atoms with Gasteiger partial charge in [0.2, 0.25) is 5.78 Å². The molecule has 0 aliphatic heterocycles. The Bertz CT molecular complexity index is 1170. The summed E-state index contributed by atoms with van der Waals surface area (Å²) < 4.78 is 12.3. The van der Waals surface area contributed by atoms with Crippen LogP contribution in [0.5, 0.6) is 11.5 Å². The molecule has 30 heavy (non-hydrogen) atoms. The minimum Gasteiger partial charge on any atom is -1.00 e. The first-order valence-corrected chi connectivity index (χ1v) is 9.28. The molecule has 6 heteroatoms. The molecule has 4 aromatic rings. The van der Waals surface area contributed by atoms with Crippen LogP contribution in [-0.2, 0) is 6.54 Å². The number of Topliss-reactive ketones (excluding diaryl/α,β-unsaturated/α-hetero) is 1. The smallest absolute Gasteiger partial charge is 0.287 e. The molecule has 0 spiro atoms. The molecule has 0 aliphatic rings. The molecule has 0 N–H and O–H groups in total. The van der Waals surface area contributed by atoms with Crippen LogP contribution in [0.25, 0.3) is 22.0 Å². The summed E-state index contributed by atoms with van der Waals surface area (Å²) in [4.78, 5) is 17.2. The predicted molar refractivity (Wildman–Crippen MR) is 111 cm³/mol. The number of halogens is 1. The molecule has 0 unspecified atom stereocenters. The molecule has 0 fully saturated rings. The largest absolute Gasteiger partial charge is 1.00 e. The highest BCUT2D eigenvalue weighted by Crippen LogP contribution is 2.28. The molecule has 5 nitrogen and oxygen atoms in total. The topological polar surface area (TPSA) is 52.3 Å². The molecule has 1 aromatic heterocycles. The number of rotatable bonds is 6. The molecular formula is C24H21BrN2O3. The normalized spacial score (nSPS) is 10.3. The molecule has 0 bridgehead atoms. The lowest BCUT2D eigenvalue weighted by Crippen LogP contribution is -3.00. The number of carbonyl (C=O) groups is 1. The van der Waals surface area contributed by atoms with Crippen LogP contribution in [-0.4, -0.2) is 25.0 Å². The maximum absolute atomic E-state index is 12.7. The van der Waals surface area contributed by atoms with Crippen molar-refractivity contribution in [1.29, 1.82) is 0 Å². The first kappa shape index (κ1) is 21.5. The van der Waals surface area contributed by atoms with Gasteiger partial charge in [0.15, 0.2) is 23.7 Å². The van der Waals surface area contributed by atoms with Crippen LogP contribution in [0.3, 0.4) is 0 Å². The molecule has 0 saturated carbocycles. The van der Waals surface area contributed by atoms with Crippen LogP contribution in [0, 0.1) is 0 Å². The lowest BCUT2D eigenvalue weighted by atomic mass is 10.0. The Morgan fingerprint density at radius 3 is 2.43 bits per heavy atom. The second kappa shape index (κ2) is 9.50. The minimum atomic E-state index is -0.0318. The van der Waals surface area contributed by atoms with E-state index in [0.29, 0.717) is 17.1 Å². The number of benzene rings is 3. The van der Waals surface area contributed by atoms with Crippen molar-refractivity contribution in [2.24, 2.45) is 0 Å². The molecule has 3 aromatic carbocycles. The number of hydrogen-bond acceptors (Lipinski definition) is 4. The van der Waals surface area contributed by atoms with E-state index in [1.165, 1.54) is 5.39 Å². The summed E-state index contributed by atoms with van der Waals surface area (Å²) >= 11 is 0. The summed E-state index contributed by atoms with van der Waals surface area (Å²) in [5.41, 5.74) is 2.51. The molecule has 0 atom stereocenters. The minimum absolute atomic E-state index is 0. The highest BCUT2D eigenvalue weighted by atomic mass is 79.9. The van der Waals surface area contributed by atoms with Crippen LogP contribution < -0.4 is 31.0 Å². The van der Waals surface area contributed by atoms with Gasteiger partial charge in [0.1, 0.15) is 0 Å². The Morgan fingerprint density at radius 2 is 1.70 bits per heavy atom. The van der Waals surface area contributed by atoms with Gasteiger partial charge in [-0.3, -0.25) is 4.79 Å². The molecule has 4 rings (SSSR count). The molecule has 0 aliphatic carbocycles. The lowest BCUT2D eigenvalue weighted by Gasteiger charge is -2.08. The van der Waals surface area contributed by atoms with Crippen molar-refractivity contribution >= 4 is 16.6 Å². The number of aromatic nitrogens is 2. The van der Waals surface area contributed by atoms with Crippen LogP contribution in [0.1, 0.15) is 10.4 Å². The quantitative estimate of drug-likeness (QED) is 0.316. The Labute approximate surface area is 185 Å². The summed E-state index contributed by atoms with van der Waals surface area (Å²) in [6.45, 7) is 0.193. The van der Waals surface area contributed by atoms with Crippen molar-refractivity contribution in [3.05, 3.63) is 84.8 Å². The fourth-order valence-electron chi connectivity index (χ4n) is 3.35. The third-order valence-corrected chi connectivity index (χ3v) is 4.87. The number of methoxy groups -OCH3 is 2. The van der Waals surface area contributed by atoms with E-state index in [4.69, 9.17) is 9.47 Å². The Morgan fingerprint density at radius 1 is 0.933 bits per heavy atom. The van der Waals surface area contributed by atoms with Crippen LogP contribution in [0.2, 0.25) is 0 Å². The van der Waals surface area contributed by atoms with E-state index in [-0.39, 0.29) is 29.3 Å². The Balaban J connectivity index is 0.00000256. The van der Waals surface area contributed by atoms with E-state index in [1.807, 2.05) is 30.5 Å². The van der Waals surface area contributed by atoms with E-state index in [1.54, 1.807) is 43.3 Å².